The van der Waals surface area contributed by atoms with Crippen molar-refractivity contribution in [3.05, 3.63) is 59.5 Å². The quantitative estimate of drug-likeness (QED) is 0.498. The highest BCUT2D eigenvalue weighted by molar-refractivity contribution is 6.30. The number of benzene rings is 2. The van der Waals surface area contributed by atoms with Crippen LogP contribution in [0.4, 0.5) is 5.69 Å². The minimum atomic E-state index is -0.364. The normalized spacial score (nSPS) is 16.4. The molecule has 1 aliphatic rings. The van der Waals surface area contributed by atoms with Crippen molar-refractivity contribution in [1.82, 2.24) is 4.98 Å². The van der Waals surface area contributed by atoms with Crippen molar-refractivity contribution >= 4 is 33.9 Å². The van der Waals surface area contributed by atoms with E-state index in [4.69, 9.17) is 10.2 Å². The summed E-state index contributed by atoms with van der Waals surface area (Å²) >= 11 is 0. The SMILES string of the molecule is CC1C(=O)C(c2nc3ccc(N)cc3o2)=C(O)c2ccccc21.CCC(C)(C)C. The van der Waals surface area contributed by atoms with E-state index in [-0.39, 0.29) is 28.9 Å². The average molecular weight is 392 g/mol. The largest absolute Gasteiger partial charge is 0.506 e. The number of hydrogen-bond acceptors (Lipinski definition) is 5. The van der Waals surface area contributed by atoms with Crippen LogP contribution in [0.3, 0.4) is 0 Å². The molecule has 1 heterocycles. The molecule has 1 atom stereocenters. The zero-order valence-corrected chi connectivity index (χ0v) is 17.6. The van der Waals surface area contributed by atoms with Gasteiger partial charge >= 0.3 is 0 Å². The van der Waals surface area contributed by atoms with Gasteiger partial charge in [0, 0.05) is 23.2 Å². The van der Waals surface area contributed by atoms with Crippen LogP contribution in [0, 0.1) is 5.41 Å². The van der Waals surface area contributed by atoms with Crippen LogP contribution >= 0.6 is 0 Å². The molecule has 3 aromatic rings. The average Bonchev–Trinajstić information content (AvgIpc) is 3.09. The molecule has 0 spiro atoms. The zero-order chi connectivity index (χ0) is 21.3. The van der Waals surface area contributed by atoms with Gasteiger partial charge in [0.25, 0.3) is 0 Å². The highest BCUT2D eigenvalue weighted by Gasteiger charge is 2.34. The summed E-state index contributed by atoms with van der Waals surface area (Å²) in [5, 5.41) is 10.6. The Balaban J connectivity index is 0.000000353. The monoisotopic (exact) mass is 392 g/mol. The van der Waals surface area contributed by atoms with E-state index in [1.807, 2.05) is 25.1 Å². The van der Waals surface area contributed by atoms with E-state index in [2.05, 4.69) is 32.7 Å². The number of carbonyl (C=O) groups is 1. The van der Waals surface area contributed by atoms with E-state index in [1.165, 1.54) is 6.42 Å². The lowest BCUT2D eigenvalue weighted by Crippen LogP contribution is -2.19. The number of nitrogens with zero attached hydrogens (tertiary/aromatic N) is 1. The second kappa shape index (κ2) is 7.74. The molecule has 1 aromatic heterocycles. The van der Waals surface area contributed by atoms with Gasteiger partial charge in [-0.05, 0) is 23.1 Å². The molecule has 2 aromatic carbocycles. The molecule has 3 N–H and O–H groups in total. The van der Waals surface area contributed by atoms with Gasteiger partial charge in [0.05, 0.1) is 0 Å². The number of Topliss-reactive ketones (excluding diaryl/α,β-unsaturated/α-hetero) is 1. The number of hydrogen-bond donors (Lipinski definition) is 2. The first-order chi connectivity index (χ1) is 13.6. The topological polar surface area (TPSA) is 89.4 Å². The summed E-state index contributed by atoms with van der Waals surface area (Å²) in [5.41, 5.74) is 9.46. The second-order valence-corrected chi connectivity index (χ2v) is 8.56. The first kappa shape index (κ1) is 20.6. The van der Waals surface area contributed by atoms with Crippen LogP contribution in [0.2, 0.25) is 0 Å². The van der Waals surface area contributed by atoms with Crippen molar-refractivity contribution in [2.75, 3.05) is 5.73 Å². The van der Waals surface area contributed by atoms with Gasteiger partial charge in [-0.3, -0.25) is 4.79 Å². The number of allylic oxidation sites excluding steroid dienone is 1. The molecule has 4 rings (SSSR count). The minimum absolute atomic E-state index is 0.0942. The molecule has 5 heteroatoms. The Morgan fingerprint density at radius 1 is 1.17 bits per heavy atom. The molecule has 5 nitrogen and oxygen atoms in total. The number of nitrogens with two attached hydrogens (primary N) is 1. The molecular formula is C24H28N2O3. The van der Waals surface area contributed by atoms with Crippen LogP contribution in [-0.4, -0.2) is 15.9 Å². The molecule has 0 amide bonds. The van der Waals surface area contributed by atoms with Crippen LogP contribution in [0.25, 0.3) is 22.4 Å². The molecule has 0 bridgehead atoms. The number of ketones is 1. The number of rotatable bonds is 1. The van der Waals surface area contributed by atoms with E-state index >= 15 is 0 Å². The number of aromatic nitrogens is 1. The highest BCUT2D eigenvalue weighted by Crippen LogP contribution is 2.39. The van der Waals surface area contributed by atoms with E-state index in [9.17, 15) is 9.90 Å². The predicted molar refractivity (Wildman–Crippen MR) is 117 cm³/mol. The van der Waals surface area contributed by atoms with Crippen molar-refractivity contribution in [2.45, 2.75) is 47.0 Å². The smallest absolute Gasteiger partial charge is 0.234 e. The zero-order valence-electron chi connectivity index (χ0n) is 17.6. The van der Waals surface area contributed by atoms with E-state index in [1.54, 1.807) is 24.3 Å². The second-order valence-electron chi connectivity index (χ2n) is 8.56. The first-order valence-electron chi connectivity index (χ1n) is 9.85. The van der Waals surface area contributed by atoms with Crippen LogP contribution in [-0.2, 0) is 4.79 Å². The molecule has 0 fully saturated rings. The third-order valence-electron chi connectivity index (χ3n) is 5.25. The van der Waals surface area contributed by atoms with E-state index < -0.39 is 0 Å². The van der Waals surface area contributed by atoms with Gasteiger partial charge in [-0.25, -0.2) is 4.98 Å². The molecule has 29 heavy (non-hydrogen) atoms. The molecule has 0 radical (unpaired) electrons. The van der Waals surface area contributed by atoms with Crippen molar-refractivity contribution in [3.8, 4) is 0 Å². The Morgan fingerprint density at radius 2 is 1.83 bits per heavy atom. The maximum atomic E-state index is 12.7. The summed E-state index contributed by atoms with van der Waals surface area (Å²) in [6, 6.07) is 12.4. The summed E-state index contributed by atoms with van der Waals surface area (Å²) in [6.07, 6.45) is 1.27. The summed E-state index contributed by atoms with van der Waals surface area (Å²) in [5.74, 6) is -0.546. The van der Waals surface area contributed by atoms with Crippen LogP contribution in [0.5, 0.6) is 0 Å². The number of nitrogen functional groups attached to an aromatic ring is 1. The highest BCUT2D eigenvalue weighted by atomic mass is 16.4. The number of anilines is 1. The molecule has 1 unspecified atom stereocenters. The van der Waals surface area contributed by atoms with Crippen LogP contribution < -0.4 is 5.73 Å². The first-order valence-corrected chi connectivity index (χ1v) is 9.85. The fraction of sp³-hybridized carbons (Fsp3) is 0.333. The summed E-state index contributed by atoms with van der Waals surface area (Å²) in [4.78, 5) is 17.0. The van der Waals surface area contributed by atoms with Crippen molar-refractivity contribution in [3.63, 3.8) is 0 Å². The molecule has 1 aliphatic carbocycles. The van der Waals surface area contributed by atoms with E-state index in [0.717, 1.165) is 5.56 Å². The molecule has 0 aliphatic heterocycles. The van der Waals surface area contributed by atoms with E-state index in [0.29, 0.717) is 27.8 Å². The maximum absolute atomic E-state index is 12.7. The lowest BCUT2D eigenvalue weighted by atomic mass is 9.82. The minimum Gasteiger partial charge on any atom is -0.506 e. The van der Waals surface area contributed by atoms with Gasteiger partial charge in [0.2, 0.25) is 5.89 Å². The number of aliphatic hydroxyl groups is 1. The molecular weight excluding hydrogens is 364 g/mol. The third-order valence-corrected chi connectivity index (χ3v) is 5.25. The number of aliphatic hydroxyl groups excluding tert-OH is 1. The van der Waals surface area contributed by atoms with Gasteiger partial charge in [-0.2, -0.15) is 0 Å². The van der Waals surface area contributed by atoms with Gasteiger partial charge in [-0.1, -0.05) is 65.3 Å². The predicted octanol–water partition coefficient (Wildman–Crippen LogP) is 5.97. The molecule has 0 saturated carbocycles. The van der Waals surface area contributed by atoms with Crippen molar-refractivity contribution < 1.29 is 14.3 Å². The number of oxazole rings is 1. The van der Waals surface area contributed by atoms with Gasteiger partial charge in [0.1, 0.15) is 16.8 Å². The van der Waals surface area contributed by atoms with Crippen molar-refractivity contribution in [1.29, 1.82) is 0 Å². The Morgan fingerprint density at radius 3 is 2.48 bits per heavy atom. The number of carbonyl (C=O) groups excluding carboxylic acids is 1. The van der Waals surface area contributed by atoms with Crippen LogP contribution in [0.1, 0.15) is 64.0 Å². The fourth-order valence-corrected chi connectivity index (χ4v) is 2.95. The number of fused-ring (bicyclic) bond motifs is 2. The summed E-state index contributed by atoms with van der Waals surface area (Å²) in [6.45, 7) is 10.8. The molecule has 0 saturated heterocycles. The van der Waals surface area contributed by atoms with Gasteiger partial charge < -0.3 is 15.3 Å². The molecule has 152 valence electrons. The van der Waals surface area contributed by atoms with Gasteiger partial charge in [-0.15, -0.1) is 0 Å². The lowest BCUT2D eigenvalue weighted by molar-refractivity contribution is -0.115. The standard InChI is InChI=1S/C18H14N2O3.C6H14/c1-9-11-4-2-3-5-12(11)17(22)15(16(9)21)18-20-13-7-6-10(19)8-14(13)23-18;1-5-6(2,3)4/h2-9,22H,19H2,1H3;5H2,1-4H3. The van der Waals surface area contributed by atoms with Crippen LogP contribution in [0.15, 0.2) is 46.9 Å². The Hall–Kier alpha value is -3.08. The lowest BCUT2D eigenvalue weighted by Gasteiger charge is -2.22. The fourth-order valence-electron chi connectivity index (χ4n) is 2.95. The Bertz CT molecular complexity index is 1090. The Labute approximate surface area is 171 Å². The summed E-state index contributed by atoms with van der Waals surface area (Å²) < 4.78 is 5.66. The van der Waals surface area contributed by atoms with Crippen molar-refractivity contribution in [2.24, 2.45) is 5.41 Å². The maximum Gasteiger partial charge on any atom is 0.234 e. The summed E-state index contributed by atoms with van der Waals surface area (Å²) in [7, 11) is 0. The Kier molecular flexibility index (Phi) is 5.51. The third kappa shape index (κ3) is 4.19. The van der Waals surface area contributed by atoms with Gasteiger partial charge in [0.15, 0.2) is 11.4 Å².